The molecule has 1 amide bonds. The fraction of sp³-hybridized carbons (Fsp3) is 0.312. The molecule has 22 heavy (non-hydrogen) atoms. The molecule has 6 heteroatoms. The van der Waals surface area contributed by atoms with E-state index in [1.807, 2.05) is 0 Å². The van der Waals surface area contributed by atoms with Crippen molar-refractivity contribution in [2.75, 3.05) is 5.32 Å². The molecule has 0 spiro atoms. The van der Waals surface area contributed by atoms with Crippen LogP contribution in [0, 0.1) is 0 Å². The molecular formula is C16H18N2O3S. The summed E-state index contributed by atoms with van der Waals surface area (Å²) >= 11 is 1.38. The molecule has 1 heterocycles. The number of amides is 1. The molecule has 1 aromatic carbocycles. The minimum atomic E-state index is -0.893. The highest BCUT2D eigenvalue weighted by Crippen LogP contribution is 2.21. The van der Waals surface area contributed by atoms with E-state index in [4.69, 9.17) is 5.11 Å². The zero-order valence-corrected chi connectivity index (χ0v) is 13.3. The SMILES string of the molecule is CCCc1ncc(C(=O)Nc2cccc(C(C)C(=O)O)c2)s1. The van der Waals surface area contributed by atoms with E-state index in [-0.39, 0.29) is 5.91 Å². The predicted molar refractivity (Wildman–Crippen MR) is 86.6 cm³/mol. The van der Waals surface area contributed by atoms with Crippen molar-refractivity contribution in [3.05, 3.63) is 45.9 Å². The minimum Gasteiger partial charge on any atom is -0.481 e. The third-order valence-electron chi connectivity index (χ3n) is 3.26. The van der Waals surface area contributed by atoms with Gasteiger partial charge in [-0.25, -0.2) is 4.98 Å². The van der Waals surface area contributed by atoms with E-state index in [1.54, 1.807) is 37.4 Å². The van der Waals surface area contributed by atoms with Crippen molar-refractivity contribution in [2.45, 2.75) is 32.6 Å². The first-order valence-corrected chi connectivity index (χ1v) is 7.91. The topological polar surface area (TPSA) is 79.3 Å². The maximum Gasteiger partial charge on any atom is 0.310 e. The molecule has 0 aliphatic heterocycles. The number of carboxylic acid groups (broad SMARTS) is 1. The van der Waals surface area contributed by atoms with Crippen molar-refractivity contribution in [1.29, 1.82) is 0 Å². The Morgan fingerprint density at radius 1 is 1.41 bits per heavy atom. The molecule has 1 aromatic heterocycles. The summed E-state index contributed by atoms with van der Waals surface area (Å²) in [6.45, 7) is 3.68. The van der Waals surface area contributed by atoms with Crippen molar-refractivity contribution < 1.29 is 14.7 Å². The third-order valence-corrected chi connectivity index (χ3v) is 4.31. The van der Waals surface area contributed by atoms with Gasteiger partial charge in [-0.2, -0.15) is 0 Å². The number of aliphatic carboxylic acids is 1. The van der Waals surface area contributed by atoms with Gasteiger partial charge < -0.3 is 10.4 Å². The van der Waals surface area contributed by atoms with E-state index >= 15 is 0 Å². The second-order valence-corrected chi connectivity index (χ2v) is 6.12. The van der Waals surface area contributed by atoms with Gasteiger partial charge in [0.1, 0.15) is 4.88 Å². The Balaban J connectivity index is 2.11. The molecule has 0 bridgehead atoms. The smallest absolute Gasteiger partial charge is 0.310 e. The largest absolute Gasteiger partial charge is 0.481 e. The van der Waals surface area contributed by atoms with Crippen LogP contribution in [0.25, 0.3) is 0 Å². The molecule has 2 rings (SSSR count). The van der Waals surface area contributed by atoms with Gasteiger partial charge in [-0.3, -0.25) is 9.59 Å². The average Bonchev–Trinajstić information content (AvgIpc) is 2.96. The number of carbonyl (C=O) groups excluding carboxylic acids is 1. The summed E-state index contributed by atoms with van der Waals surface area (Å²) in [5, 5.41) is 12.8. The fourth-order valence-corrected chi connectivity index (χ4v) is 2.88. The molecule has 0 fully saturated rings. The van der Waals surface area contributed by atoms with E-state index < -0.39 is 11.9 Å². The monoisotopic (exact) mass is 318 g/mol. The van der Waals surface area contributed by atoms with E-state index in [0.717, 1.165) is 17.8 Å². The number of rotatable bonds is 6. The summed E-state index contributed by atoms with van der Waals surface area (Å²) in [6, 6.07) is 6.90. The Morgan fingerprint density at radius 2 is 2.18 bits per heavy atom. The van der Waals surface area contributed by atoms with Crippen LogP contribution in [0.5, 0.6) is 0 Å². The molecule has 0 saturated heterocycles. The molecular weight excluding hydrogens is 300 g/mol. The Morgan fingerprint density at radius 3 is 2.86 bits per heavy atom. The van der Waals surface area contributed by atoms with Crippen LogP contribution in [0.2, 0.25) is 0 Å². The van der Waals surface area contributed by atoms with Gasteiger partial charge in [0.2, 0.25) is 0 Å². The van der Waals surface area contributed by atoms with Crippen LogP contribution in [-0.2, 0) is 11.2 Å². The number of hydrogen-bond acceptors (Lipinski definition) is 4. The van der Waals surface area contributed by atoms with Gasteiger partial charge in [0, 0.05) is 5.69 Å². The number of nitrogens with one attached hydrogen (secondary N) is 1. The van der Waals surface area contributed by atoms with Gasteiger partial charge in [0.15, 0.2) is 0 Å². The highest BCUT2D eigenvalue weighted by atomic mass is 32.1. The molecule has 0 radical (unpaired) electrons. The van der Waals surface area contributed by atoms with Gasteiger partial charge in [0.25, 0.3) is 5.91 Å². The summed E-state index contributed by atoms with van der Waals surface area (Å²) in [5.41, 5.74) is 1.24. The highest BCUT2D eigenvalue weighted by Gasteiger charge is 2.15. The standard InChI is InChI=1S/C16H18N2O3S/c1-3-5-14-17-9-13(22-14)15(19)18-12-7-4-6-11(8-12)10(2)16(20)21/h4,6-10H,3,5H2,1-2H3,(H,18,19)(H,20,21). The number of aryl methyl sites for hydroxylation is 1. The fourth-order valence-electron chi connectivity index (χ4n) is 1.97. The first-order valence-electron chi connectivity index (χ1n) is 7.10. The summed E-state index contributed by atoms with van der Waals surface area (Å²) in [5.74, 6) is -1.73. The van der Waals surface area contributed by atoms with Crippen LogP contribution in [0.3, 0.4) is 0 Å². The van der Waals surface area contributed by atoms with Crippen molar-refractivity contribution in [2.24, 2.45) is 0 Å². The molecule has 2 N–H and O–H groups in total. The van der Waals surface area contributed by atoms with Crippen LogP contribution in [-0.4, -0.2) is 22.0 Å². The highest BCUT2D eigenvalue weighted by molar-refractivity contribution is 7.13. The van der Waals surface area contributed by atoms with E-state index in [9.17, 15) is 9.59 Å². The van der Waals surface area contributed by atoms with E-state index in [0.29, 0.717) is 16.1 Å². The average molecular weight is 318 g/mol. The van der Waals surface area contributed by atoms with Crippen LogP contribution in [0.4, 0.5) is 5.69 Å². The second kappa shape index (κ2) is 7.17. The lowest BCUT2D eigenvalue weighted by Gasteiger charge is -2.09. The van der Waals surface area contributed by atoms with Gasteiger partial charge in [-0.05, 0) is 37.5 Å². The van der Waals surface area contributed by atoms with E-state index in [2.05, 4.69) is 17.2 Å². The molecule has 116 valence electrons. The van der Waals surface area contributed by atoms with Gasteiger partial charge in [-0.15, -0.1) is 11.3 Å². The number of carbonyl (C=O) groups is 2. The number of nitrogens with zero attached hydrogens (tertiary/aromatic N) is 1. The Kier molecular flexibility index (Phi) is 5.27. The van der Waals surface area contributed by atoms with Crippen molar-refractivity contribution in [1.82, 2.24) is 4.98 Å². The number of carboxylic acids is 1. The third kappa shape index (κ3) is 3.92. The summed E-state index contributed by atoms with van der Waals surface area (Å²) in [4.78, 5) is 28.0. The maximum atomic E-state index is 12.2. The number of anilines is 1. The molecule has 2 aromatic rings. The molecule has 5 nitrogen and oxygen atoms in total. The first kappa shape index (κ1) is 16.2. The van der Waals surface area contributed by atoms with Crippen LogP contribution < -0.4 is 5.32 Å². The lowest BCUT2D eigenvalue weighted by molar-refractivity contribution is -0.138. The molecule has 0 aliphatic carbocycles. The van der Waals surface area contributed by atoms with Gasteiger partial charge in [-0.1, -0.05) is 19.1 Å². The number of hydrogen-bond donors (Lipinski definition) is 2. The summed E-state index contributed by atoms with van der Waals surface area (Å²) < 4.78 is 0. The van der Waals surface area contributed by atoms with Crippen LogP contribution in [0.1, 0.15) is 46.4 Å². The Hall–Kier alpha value is -2.21. The van der Waals surface area contributed by atoms with Crippen molar-refractivity contribution >= 4 is 28.9 Å². The van der Waals surface area contributed by atoms with Crippen LogP contribution in [0.15, 0.2) is 30.5 Å². The molecule has 0 aliphatic rings. The Labute approximate surface area is 133 Å². The summed E-state index contributed by atoms with van der Waals surface area (Å²) in [7, 11) is 0. The van der Waals surface area contributed by atoms with Gasteiger partial charge >= 0.3 is 5.97 Å². The number of benzene rings is 1. The lowest BCUT2D eigenvalue weighted by atomic mass is 10.0. The number of thiazole rings is 1. The predicted octanol–water partition coefficient (Wildman–Crippen LogP) is 3.54. The Bertz CT molecular complexity index is 682. The van der Waals surface area contributed by atoms with E-state index in [1.165, 1.54) is 11.3 Å². The summed E-state index contributed by atoms with van der Waals surface area (Å²) in [6.07, 6.45) is 3.43. The number of aromatic nitrogens is 1. The van der Waals surface area contributed by atoms with Crippen molar-refractivity contribution in [3.8, 4) is 0 Å². The maximum absolute atomic E-state index is 12.2. The lowest BCUT2D eigenvalue weighted by Crippen LogP contribution is -2.12. The van der Waals surface area contributed by atoms with Crippen LogP contribution >= 0.6 is 11.3 Å². The molecule has 1 unspecified atom stereocenters. The quantitative estimate of drug-likeness (QED) is 0.854. The second-order valence-electron chi connectivity index (χ2n) is 5.01. The molecule has 1 atom stereocenters. The normalized spacial score (nSPS) is 11.9. The van der Waals surface area contributed by atoms with Gasteiger partial charge in [0.05, 0.1) is 17.1 Å². The first-order chi connectivity index (χ1) is 10.5. The zero-order valence-electron chi connectivity index (χ0n) is 12.5. The zero-order chi connectivity index (χ0) is 16.1. The molecule has 0 saturated carbocycles. The minimum absolute atomic E-state index is 0.222. The van der Waals surface area contributed by atoms with Crippen molar-refractivity contribution in [3.63, 3.8) is 0 Å².